The minimum atomic E-state index is -1.51. The van der Waals surface area contributed by atoms with E-state index >= 15 is 0 Å². The molecule has 87 heavy (non-hydrogen) atoms. The third-order valence-electron chi connectivity index (χ3n) is 16.4. The second-order valence-electron chi connectivity index (χ2n) is 26.2. The number of hydrogen-bond acceptors (Lipinski definition) is 7. The Morgan fingerprint density at radius 2 is 0.655 bits per heavy atom. The zero-order valence-electron chi connectivity index (χ0n) is 57.9. The lowest BCUT2D eigenvalue weighted by Crippen LogP contribution is -2.40. The van der Waals surface area contributed by atoms with E-state index in [-0.39, 0.29) is 32.2 Å². The van der Waals surface area contributed by atoms with Crippen LogP contribution in [0.3, 0.4) is 0 Å². The number of allylic oxidation sites excluding steroid dienone is 12. The highest BCUT2D eigenvalue weighted by Gasteiger charge is 2.25. The Hall–Kier alpha value is -3.27. The van der Waals surface area contributed by atoms with Gasteiger partial charge in [0.25, 0.3) is 6.29 Å². The van der Waals surface area contributed by atoms with Gasteiger partial charge in [0.15, 0.2) is 6.10 Å². The van der Waals surface area contributed by atoms with Crippen LogP contribution in [0.5, 0.6) is 0 Å². The molecule has 0 rings (SSSR count). The summed E-state index contributed by atoms with van der Waals surface area (Å²) in [4.78, 5) is 37.6. The third kappa shape index (κ3) is 70.1. The second kappa shape index (κ2) is 68.6. The van der Waals surface area contributed by atoms with Crippen molar-refractivity contribution in [1.82, 2.24) is 0 Å². The van der Waals surface area contributed by atoms with Gasteiger partial charge in [-0.25, -0.2) is 4.79 Å². The van der Waals surface area contributed by atoms with E-state index in [1.807, 2.05) is 21.1 Å². The van der Waals surface area contributed by atoms with E-state index in [9.17, 15) is 19.5 Å². The van der Waals surface area contributed by atoms with Gasteiger partial charge in [0, 0.05) is 12.8 Å². The van der Waals surface area contributed by atoms with Crippen LogP contribution in [-0.2, 0) is 33.3 Å². The van der Waals surface area contributed by atoms with Gasteiger partial charge in [-0.3, -0.25) is 9.59 Å². The Kier molecular flexibility index (Phi) is 66.1. The quantitative estimate of drug-likeness (QED) is 0.0211. The summed E-state index contributed by atoms with van der Waals surface area (Å²) in [5.74, 6) is -2.00. The number of ether oxygens (including phenoxy) is 4. The van der Waals surface area contributed by atoms with Gasteiger partial charge in [-0.15, -0.1) is 0 Å². The molecule has 0 spiro atoms. The third-order valence-corrected chi connectivity index (χ3v) is 16.4. The van der Waals surface area contributed by atoms with Crippen molar-refractivity contribution in [2.45, 2.75) is 360 Å². The first kappa shape index (κ1) is 83.7. The maximum atomic E-state index is 12.9. The van der Waals surface area contributed by atoms with Crippen LogP contribution < -0.4 is 0 Å². The first-order valence-corrected chi connectivity index (χ1v) is 37.1. The first-order chi connectivity index (χ1) is 42.6. The molecule has 0 aromatic heterocycles. The average molecular weight is 1220 g/mol. The fourth-order valence-corrected chi connectivity index (χ4v) is 10.8. The maximum Gasteiger partial charge on any atom is 0.361 e. The summed E-state index contributed by atoms with van der Waals surface area (Å²) in [6.07, 6.45) is 89.0. The molecular formula is C78H142NO8+. The molecule has 0 aliphatic carbocycles. The summed E-state index contributed by atoms with van der Waals surface area (Å²) in [7, 11) is 5.98. The molecule has 0 aliphatic rings. The number of aliphatic carboxylic acids is 1. The molecule has 0 fully saturated rings. The number of carbonyl (C=O) groups excluding carboxylic acids is 2. The van der Waals surface area contributed by atoms with Gasteiger partial charge in [0.1, 0.15) is 13.2 Å². The molecule has 2 unspecified atom stereocenters. The Labute approximate surface area is 538 Å². The fourth-order valence-electron chi connectivity index (χ4n) is 10.8. The molecule has 0 aromatic rings. The van der Waals surface area contributed by atoms with Gasteiger partial charge in [0.2, 0.25) is 0 Å². The van der Waals surface area contributed by atoms with Gasteiger partial charge in [0.05, 0.1) is 34.4 Å². The average Bonchev–Trinajstić information content (AvgIpc) is 3.59. The molecule has 1 N–H and O–H groups in total. The van der Waals surface area contributed by atoms with Gasteiger partial charge in [-0.2, -0.15) is 0 Å². The smallest absolute Gasteiger partial charge is 0.361 e. The summed E-state index contributed by atoms with van der Waals surface area (Å²) in [5, 5.41) is 9.75. The normalized spacial score (nSPS) is 13.1. The minimum absolute atomic E-state index is 0.184. The maximum absolute atomic E-state index is 12.9. The summed E-state index contributed by atoms with van der Waals surface area (Å²) < 4.78 is 23.0. The van der Waals surface area contributed by atoms with E-state index in [2.05, 4.69) is 86.8 Å². The SMILES string of the molecule is CC/C=C\C/C=C\C/C=C\C/C=C\C/C=C\CCCCCCCCCCCC(=O)OC(COC(=O)CCCCCCCCCCCCCCCCCCCCCCCCCCC/C=C\CCCCCCCCCC)COC(OCC[N+](C)(C)C)C(=O)O. The van der Waals surface area contributed by atoms with E-state index < -0.39 is 24.3 Å². The number of hydrogen-bond donors (Lipinski definition) is 1. The van der Waals surface area contributed by atoms with Crippen molar-refractivity contribution in [1.29, 1.82) is 0 Å². The highest BCUT2D eigenvalue weighted by molar-refractivity contribution is 5.71. The molecule has 506 valence electrons. The van der Waals surface area contributed by atoms with E-state index in [1.165, 1.54) is 238 Å². The fraction of sp³-hybridized carbons (Fsp3) is 0.808. The van der Waals surface area contributed by atoms with Gasteiger partial charge in [-0.05, 0) is 83.5 Å². The van der Waals surface area contributed by atoms with Crippen LogP contribution in [0.1, 0.15) is 348 Å². The predicted molar refractivity (Wildman–Crippen MR) is 373 cm³/mol. The van der Waals surface area contributed by atoms with Crippen molar-refractivity contribution in [3.05, 3.63) is 72.9 Å². The van der Waals surface area contributed by atoms with Crippen molar-refractivity contribution < 1.29 is 42.9 Å². The van der Waals surface area contributed by atoms with Crippen LogP contribution in [0, 0.1) is 0 Å². The van der Waals surface area contributed by atoms with Crippen LogP contribution in [0.2, 0.25) is 0 Å². The highest BCUT2D eigenvalue weighted by Crippen LogP contribution is 2.19. The number of likely N-dealkylation sites (N-methyl/N-ethyl adjacent to an activating group) is 1. The van der Waals surface area contributed by atoms with Gasteiger partial charge in [-0.1, -0.05) is 324 Å². The van der Waals surface area contributed by atoms with E-state index in [0.717, 1.165) is 77.0 Å². The number of carboxylic acids is 1. The summed E-state index contributed by atoms with van der Waals surface area (Å²) in [6, 6.07) is 0. The molecular weight excluding hydrogens is 1080 g/mol. The molecule has 2 atom stereocenters. The zero-order chi connectivity index (χ0) is 63.3. The molecule has 0 amide bonds. The van der Waals surface area contributed by atoms with E-state index in [4.69, 9.17) is 18.9 Å². The second-order valence-corrected chi connectivity index (χ2v) is 26.2. The monoisotopic (exact) mass is 1220 g/mol. The molecule has 0 aromatic carbocycles. The number of carbonyl (C=O) groups is 3. The molecule has 0 radical (unpaired) electrons. The Balaban J connectivity index is 4.01. The van der Waals surface area contributed by atoms with Crippen molar-refractivity contribution in [3.63, 3.8) is 0 Å². The van der Waals surface area contributed by atoms with Gasteiger partial charge >= 0.3 is 17.9 Å². The lowest BCUT2D eigenvalue weighted by atomic mass is 10.0. The Morgan fingerprint density at radius 3 is 0.989 bits per heavy atom. The largest absolute Gasteiger partial charge is 0.477 e. The van der Waals surface area contributed by atoms with Crippen molar-refractivity contribution in [2.75, 3.05) is 47.5 Å². The van der Waals surface area contributed by atoms with Crippen LogP contribution >= 0.6 is 0 Å². The van der Waals surface area contributed by atoms with Crippen LogP contribution in [0.25, 0.3) is 0 Å². The Morgan fingerprint density at radius 1 is 0.356 bits per heavy atom. The molecule has 9 heteroatoms. The topological polar surface area (TPSA) is 108 Å². The molecule has 9 nitrogen and oxygen atoms in total. The van der Waals surface area contributed by atoms with Gasteiger partial charge < -0.3 is 28.5 Å². The predicted octanol–water partition coefficient (Wildman–Crippen LogP) is 23.3. The number of rotatable bonds is 69. The van der Waals surface area contributed by atoms with Crippen molar-refractivity contribution in [2.24, 2.45) is 0 Å². The number of quaternary nitrogens is 1. The number of unbranched alkanes of at least 4 members (excludes halogenated alkanes) is 42. The highest BCUT2D eigenvalue weighted by atomic mass is 16.7. The van der Waals surface area contributed by atoms with E-state index in [1.54, 1.807) is 0 Å². The molecule has 0 heterocycles. The first-order valence-electron chi connectivity index (χ1n) is 37.1. The molecule has 0 bridgehead atoms. The van der Waals surface area contributed by atoms with Crippen LogP contribution in [0.4, 0.5) is 0 Å². The van der Waals surface area contributed by atoms with Crippen molar-refractivity contribution in [3.8, 4) is 0 Å². The lowest BCUT2D eigenvalue weighted by Gasteiger charge is -2.25. The zero-order valence-corrected chi connectivity index (χ0v) is 57.9. The molecule has 0 saturated carbocycles. The number of carboxylic acid groups (broad SMARTS) is 1. The lowest BCUT2D eigenvalue weighted by molar-refractivity contribution is -0.870. The minimum Gasteiger partial charge on any atom is -0.477 e. The Bertz CT molecular complexity index is 1660. The summed E-state index contributed by atoms with van der Waals surface area (Å²) in [6.45, 7) is 4.80. The summed E-state index contributed by atoms with van der Waals surface area (Å²) in [5.41, 5.74) is 0. The van der Waals surface area contributed by atoms with Crippen molar-refractivity contribution >= 4 is 17.9 Å². The molecule has 0 aliphatic heterocycles. The number of esters is 2. The summed E-state index contributed by atoms with van der Waals surface area (Å²) >= 11 is 0. The van der Waals surface area contributed by atoms with E-state index in [0.29, 0.717) is 23.9 Å². The molecule has 0 saturated heterocycles. The number of nitrogens with zero attached hydrogens (tertiary/aromatic N) is 1. The van der Waals surface area contributed by atoms with Crippen LogP contribution in [-0.4, -0.2) is 87.4 Å². The van der Waals surface area contributed by atoms with Crippen LogP contribution in [0.15, 0.2) is 72.9 Å². The standard InChI is InChI=1S/C78H141NO8/c1-6-8-10-12-14-16-18-20-22-24-26-28-30-32-33-34-35-36-37-38-39-40-41-42-43-45-46-48-50-52-54-56-58-60-62-64-66-68-75(80)85-72-74(73-86-78(77(82)83)84-71-70-79(3,4)5)87-76(81)69-67-65-63-61-59-57-55-53-51-49-47-44-31-29-27-25-23-21-19-17-15-13-11-9-7-2/h9,11,15,17,21,23-24,26-27,29,44,47,74,78H,6-8,10,12-14,16,18-20,22,25,28,30-43,45-46,48-73H2,1-5H3/p+1/b11-9-,17-15-,23-21-,26-24-,29-27-,47-44-.